The Balaban J connectivity index is 2.94. The third kappa shape index (κ3) is 3.95. The highest BCUT2D eigenvalue weighted by Crippen LogP contribution is 2.28. The van der Waals surface area contributed by atoms with Gasteiger partial charge >= 0.3 is 0 Å². The smallest absolute Gasteiger partial charge is 0.119 e. The zero-order valence-electron chi connectivity index (χ0n) is 13.1. The van der Waals surface area contributed by atoms with Crippen LogP contribution in [0.1, 0.15) is 43.1 Å². The lowest BCUT2D eigenvalue weighted by Crippen LogP contribution is -2.42. The molecule has 0 spiro atoms. The molecule has 0 radical (unpaired) electrons. The van der Waals surface area contributed by atoms with Crippen molar-refractivity contribution in [1.29, 1.82) is 0 Å². The molecule has 114 valence electrons. The summed E-state index contributed by atoms with van der Waals surface area (Å²) >= 11 is 0. The highest BCUT2D eigenvalue weighted by atomic mass is 16.5. The summed E-state index contributed by atoms with van der Waals surface area (Å²) in [5.74, 6) is 0.804. The molecule has 3 atom stereocenters. The Labute approximate surface area is 121 Å². The van der Waals surface area contributed by atoms with Crippen LogP contribution < -0.4 is 10.1 Å². The number of aryl methyl sites for hydroxylation is 2. The number of methoxy groups -OCH3 is 1. The van der Waals surface area contributed by atoms with Crippen molar-refractivity contribution < 1.29 is 14.9 Å². The number of aliphatic hydroxyl groups is 2. The number of nitrogens with one attached hydrogen (secondary N) is 1. The maximum atomic E-state index is 10.6. The van der Waals surface area contributed by atoms with Crippen LogP contribution >= 0.6 is 0 Å². The van der Waals surface area contributed by atoms with Crippen LogP contribution in [0.2, 0.25) is 0 Å². The summed E-state index contributed by atoms with van der Waals surface area (Å²) in [6, 6.07) is 3.75. The van der Waals surface area contributed by atoms with Gasteiger partial charge in [-0.3, -0.25) is 0 Å². The minimum Gasteiger partial charge on any atom is -0.497 e. The van der Waals surface area contributed by atoms with Gasteiger partial charge in [-0.2, -0.15) is 0 Å². The van der Waals surface area contributed by atoms with E-state index in [9.17, 15) is 10.2 Å². The summed E-state index contributed by atoms with van der Waals surface area (Å²) in [5, 5.41) is 23.1. The Bertz CT molecular complexity index is 407. The van der Waals surface area contributed by atoms with Gasteiger partial charge in [0.15, 0.2) is 0 Å². The first-order valence-electron chi connectivity index (χ1n) is 7.14. The third-order valence-corrected chi connectivity index (χ3v) is 3.78. The molecule has 1 aromatic rings. The number of rotatable bonds is 7. The normalized spacial score (nSPS) is 15.8. The second-order valence-corrected chi connectivity index (χ2v) is 5.36. The van der Waals surface area contributed by atoms with Crippen molar-refractivity contribution in [3.8, 4) is 5.75 Å². The van der Waals surface area contributed by atoms with Crippen LogP contribution in [-0.4, -0.2) is 36.0 Å². The SMILES string of the molecule is CCC(CO)NC(C)C(O)c1c(C)cc(OC)cc1C. The molecule has 0 fully saturated rings. The number of benzene rings is 1. The van der Waals surface area contributed by atoms with Gasteiger partial charge in [0.1, 0.15) is 5.75 Å². The van der Waals surface area contributed by atoms with Crippen molar-refractivity contribution in [2.24, 2.45) is 0 Å². The Morgan fingerprint density at radius 1 is 1.25 bits per heavy atom. The summed E-state index contributed by atoms with van der Waals surface area (Å²) in [6.07, 6.45) is 0.218. The van der Waals surface area contributed by atoms with Gasteiger partial charge in [-0.05, 0) is 56.0 Å². The molecule has 1 aromatic carbocycles. The van der Waals surface area contributed by atoms with E-state index in [2.05, 4.69) is 5.32 Å². The molecule has 4 nitrogen and oxygen atoms in total. The van der Waals surface area contributed by atoms with Crippen molar-refractivity contribution in [3.63, 3.8) is 0 Å². The average molecular weight is 281 g/mol. The zero-order chi connectivity index (χ0) is 15.3. The first kappa shape index (κ1) is 17.0. The average Bonchev–Trinajstić information content (AvgIpc) is 2.43. The predicted molar refractivity (Wildman–Crippen MR) is 81.2 cm³/mol. The maximum Gasteiger partial charge on any atom is 0.119 e. The molecule has 0 saturated heterocycles. The van der Waals surface area contributed by atoms with E-state index in [-0.39, 0.29) is 18.7 Å². The lowest BCUT2D eigenvalue weighted by molar-refractivity contribution is 0.117. The molecule has 4 heteroatoms. The first-order valence-corrected chi connectivity index (χ1v) is 7.14. The number of hydrogen-bond donors (Lipinski definition) is 3. The predicted octanol–water partition coefficient (Wildman–Crippen LogP) is 2.09. The van der Waals surface area contributed by atoms with Gasteiger partial charge in [0.05, 0.1) is 19.8 Å². The van der Waals surface area contributed by atoms with Crippen molar-refractivity contribution in [3.05, 3.63) is 28.8 Å². The van der Waals surface area contributed by atoms with E-state index < -0.39 is 6.10 Å². The van der Waals surface area contributed by atoms with E-state index in [0.29, 0.717) is 0 Å². The molecule has 0 heterocycles. The van der Waals surface area contributed by atoms with Crippen molar-refractivity contribution >= 4 is 0 Å². The van der Waals surface area contributed by atoms with Crippen molar-refractivity contribution in [1.82, 2.24) is 5.32 Å². The van der Waals surface area contributed by atoms with Crippen LogP contribution in [-0.2, 0) is 0 Å². The van der Waals surface area contributed by atoms with Gasteiger partial charge in [-0.1, -0.05) is 6.92 Å². The molecule has 0 aliphatic heterocycles. The standard InChI is InChI=1S/C16H27NO3/c1-6-13(9-18)17-12(4)16(19)15-10(2)7-14(20-5)8-11(15)3/h7-8,12-13,16-19H,6,9H2,1-5H3. The van der Waals surface area contributed by atoms with E-state index in [1.54, 1.807) is 7.11 Å². The van der Waals surface area contributed by atoms with E-state index >= 15 is 0 Å². The van der Waals surface area contributed by atoms with Crippen LogP contribution in [0.3, 0.4) is 0 Å². The second kappa shape index (κ2) is 7.62. The van der Waals surface area contributed by atoms with Gasteiger partial charge < -0.3 is 20.3 Å². The van der Waals surface area contributed by atoms with Gasteiger partial charge in [0.2, 0.25) is 0 Å². The summed E-state index contributed by atoms with van der Waals surface area (Å²) in [7, 11) is 1.64. The second-order valence-electron chi connectivity index (χ2n) is 5.36. The fraction of sp³-hybridized carbons (Fsp3) is 0.625. The number of hydrogen-bond acceptors (Lipinski definition) is 4. The van der Waals surface area contributed by atoms with E-state index in [0.717, 1.165) is 28.9 Å². The Hall–Kier alpha value is -1.10. The highest BCUT2D eigenvalue weighted by molar-refractivity contribution is 5.42. The van der Waals surface area contributed by atoms with Crippen LogP contribution in [0, 0.1) is 13.8 Å². The van der Waals surface area contributed by atoms with Gasteiger partial charge in [0.25, 0.3) is 0 Å². The third-order valence-electron chi connectivity index (χ3n) is 3.78. The lowest BCUT2D eigenvalue weighted by atomic mass is 9.93. The van der Waals surface area contributed by atoms with Gasteiger partial charge in [-0.25, -0.2) is 0 Å². The van der Waals surface area contributed by atoms with E-state index in [1.165, 1.54) is 0 Å². The molecule has 0 aromatic heterocycles. The van der Waals surface area contributed by atoms with Gasteiger partial charge in [0, 0.05) is 12.1 Å². The summed E-state index contributed by atoms with van der Waals surface area (Å²) < 4.78 is 5.24. The quantitative estimate of drug-likeness (QED) is 0.716. The molecule has 0 aliphatic carbocycles. The summed E-state index contributed by atoms with van der Waals surface area (Å²) in [4.78, 5) is 0. The Kier molecular flexibility index (Phi) is 6.46. The largest absolute Gasteiger partial charge is 0.497 e. The molecular weight excluding hydrogens is 254 g/mol. The molecule has 0 aliphatic rings. The fourth-order valence-corrected chi connectivity index (χ4v) is 2.53. The first-order chi connectivity index (χ1) is 9.44. The summed E-state index contributed by atoms with van der Waals surface area (Å²) in [5.41, 5.74) is 2.96. The highest BCUT2D eigenvalue weighted by Gasteiger charge is 2.22. The minimum absolute atomic E-state index is 0.0125. The maximum absolute atomic E-state index is 10.6. The van der Waals surface area contributed by atoms with E-state index in [4.69, 9.17) is 4.74 Å². The number of ether oxygens (including phenoxy) is 1. The van der Waals surface area contributed by atoms with E-state index in [1.807, 2.05) is 39.8 Å². The fourth-order valence-electron chi connectivity index (χ4n) is 2.53. The van der Waals surface area contributed by atoms with Crippen molar-refractivity contribution in [2.75, 3.05) is 13.7 Å². The molecule has 1 rings (SSSR count). The van der Waals surface area contributed by atoms with Gasteiger partial charge in [-0.15, -0.1) is 0 Å². The number of aliphatic hydroxyl groups excluding tert-OH is 2. The molecule has 0 bridgehead atoms. The molecular formula is C16H27NO3. The monoisotopic (exact) mass is 281 g/mol. The minimum atomic E-state index is -0.610. The van der Waals surface area contributed by atoms with Crippen LogP contribution in [0.4, 0.5) is 0 Å². The Morgan fingerprint density at radius 2 is 1.80 bits per heavy atom. The van der Waals surface area contributed by atoms with Crippen LogP contribution in [0.25, 0.3) is 0 Å². The molecule has 3 N–H and O–H groups in total. The molecule has 20 heavy (non-hydrogen) atoms. The topological polar surface area (TPSA) is 61.7 Å². The Morgan fingerprint density at radius 3 is 2.20 bits per heavy atom. The zero-order valence-corrected chi connectivity index (χ0v) is 13.1. The molecule has 0 amide bonds. The lowest BCUT2D eigenvalue weighted by Gasteiger charge is -2.27. The summed E-state index contributed by atoms with van der Waals surface area (Å²) in [6.45, 7) is 7.98. The van der Waals surface area contributed by atoms with Crippen molar-refractivity contribution in [2.45, 2.75) is 52.3 Å². The van der Waals surface area contributed by atoms with Crippen LogP contribution in [0.5, 0.6) is 5.75 Å². The molecule has 3 unspecified atom stereocenters. The van der Waals surface area contributed by atoms with Crippen LogP contribution in [0.15, 0.2) is 12.1 Å². The molecule has 0 saturated carbocycles.